The number of piperazine rings is 1. The van der Waals surface area contributed by atoms with Crippen LogP contribution < -0.4 is 15.1 Å². The lowest BCUT2D eigenvalue weighted by Gasteiger charge is -2.36. The number of rotatable bonds is 5. The maximum absolute atomic E-state index is 12.5. The lowest BCUT2D eigenvalue weighted by Crippen LogP contribution is -2.47. The number of aliphatic hydroxyl groups is 1. The minimum absolute atomic E-state index is 0.0457. The number of pyridine rings is 1. The van der Waals surface area contributed by atoms with Gasteiger partial charge in [0.25, 0.3) is 0 Å². The van der Waals surface area contributed by atoms with Gasteiger partial charge in [0.15, 0.2) is 0 Å². The van der Waals surface area contributed by atoms with Crippen molar-refractivity contribution in [2.24, 2.45) is 0 Å². The Kier molecular flexibility index (Phi) is 5.44. The highest BCUT2D eigenvalue weighted by Crippen LogP contribution is 2.31. The molecule has 8 nitrogen and oxygen atoms in total. The van der Waals surface area contributed by atoms with Crippen LogP contribution >= 0.6 is 0 Å². The van der Waals surface area contributed by atoms with E-state index < -0.39 is 16.3 Å². The van der Waals surface area contributed by atoms with Gasteiger partial charge in [-0.1, -0.05) is 6.07 Å². The number of aliphatic hydroxyl groups excluding tert-OH is 1. The molecule has 0 saturated carbocycles. The van der Waals surface area contributed by atoms with Crippen LogP contribution in [-0.2, 0) is 17.2 Å². The summed E-state index contributed by atoms with van der Waals surface area (Å²) >= 11 is 0. The summed E-state index contributed by atoms with van der Waals surface area (Å²) in [7, 11) is -1.10. The van der Waals surface area contributed by atoms with Crippen molar-refractivity contribution < 1.29 is 9.32 Å². The number of fused-ring (bicyclic) bond motifs is 1. The van der Waals surface area contributed by atoms with Crippen LogP contribution in [0.4, 0.5) is 17.6 Å². The Morgan fingerprint density at radius 2 is 1.90 bits per heavy atom. The second-order valence-corrected chi connectivity index (χ2v) is 9.79. The van der Waals surface area contributed by atoms with Crippen molar-refractivity contribution >= 4 is 28.4 Å². The molecule has 2 N–H and O–H groups in total. The van der Waals surface area contributed by atoms with Crippen molar-refractivity contribution in [3.05, 3.63) is 29.6 Å². The molecule has 2 aliphatic heterocycles. The van der Waals surface area contributed by atoms with Crippen LogP contribution in [0.25, 0.3) is 0 Å². The molecule has 0 bridgehead atoms. The number of anilines is 3. The third kappa shape index (κ3) is 4.20. The summed E-state index contributed by atoms with van der Waals surface area (Å²) in [5.41, 5.74) is 1.46. The molecule has 29 heavy (non-hydrogen) atoms. The van der Waals surface area contributed by atoms with Crippen LogP contribution in [-0.4, -0.2) is 68.3 Å². The third-order valence-electron chi connectivity index (χ3n) is 5.31. The van der Waals surface area contributed by atoms with E-state index in [2.05, 4.69) is 32.2 Å². The maximum atomic E-state index is 12.5. The summed E-state index contributed by atoms with van der Waals surface area (Å²) < 4.78 is 12.5. The zero-order valence-corrected chi connectivity index (χ0v) is 18.0. The van der Waals surface area contributed by atoms with Gasteiger partial charge < -0.3 is 20.2 Å². The molecule has 2 aromatic heterocycles. The predicted molar refractivity (Wildman–Crippen MR) is 115 cm³/mol. The highest BCUT2D eigenvalue weighted by molar-refractivity contribution is 7.85. The van der Waals surface area contributed by atoms with Gasteiger partial charge in [-0.15, -0.1) is 0 Å². The number of nitrogens with one attached hydrogen (secondary N) is 1. The Morgan fingerprint density at radius 1 is 1.17 bits per heavy atom. The number of hydrogen-bond donors (Lipinski definition) is 2. The summed E-state index contributed by atoms with van der Waals surface area (Å²) in [5, 5.41) is 12.9. The van der Waals surface area contributed by atoms with Gasteiger partial charge in [-0.3, -0.25) is 4.21 Å². The van der Waals surface area contributed by atoms with Crippen molar-refractivity contribution in [3.63, 3.8) is 0 Å². The van der Waals surface area contributed by atoms with Crippen LogP contribution in [0.1, 0.15) is 25.1 Å². The zero-order valence-electron chi connectivity index (χ0n) is 17.2. The minimum Gasteiger partial charge on any atom is -0.394 e. The van der Waals surface area contributed by atoms with Gasteiger partial charge in [0.05, 0.1) is 28.6 Å². The Balaban J connectivity index is 1.55. The molecule has 0 amide bonds. The number of aryl methyl sites for hydroxylation is 2. The van der Waals surface area contributed by atoms with E-state index >= 15 is 0 Å². The Hall–Kier alpha value is -2.26. The molecular formula is C20H28N6O2S. The fourth-order valence-corrected chi connectivity index (χ4v) is 4.86. The van der Waals surface area contributed by atoms with E-state index in [0.717, 1.165) is 43.3 Å². The normalized spacial score (nSPS) is 19.4. The van der Waals surface area contributed by atoms with Gasteiger partial charge in [-0.25, -0.2) is 9.97 Å². The molecule has 9 heteroatoms. The first kappa shape index (κ1) is 20.0. The number of hydrogen-bond acceptors (Lipinski definition) is 8. The maximum Gasteiger partial charge on any atom is 0.227 e. The molecule has 2 aromatic rings. The first-order valence-corrected chi connectivity index (χ1v) is 11.3. The molecule has 0 aliphatic carbocycles. The molecule has 1 unspecified atom stereocenters. The van der Waals surface area contributed by atoms with Gasteiger partial charge in [-0.2, -0.15) is 4.98 Å². The molecule has 0 spiro atoms. The quantitative estimate of drug-likeness (QED) is 0.754. The average molecular weight is 417 g/mol. The highest BCUT2D eigenvalue weighted by atomic mass is 32.2. The largest absolute Gasteiger partial charge is 0.394 e. The highest BCUT2D eigenvalue weighted by Gasteiger charge is 2.30. The molecule has 1 saturated heterocycles. The smallest absolute Gasteiger partial charge is 0.227 e. The molecular weight excluding hydrogens is 388 g/mol. The van der Waals surface area contributed by atoms with E-state index in [1.807, 2.05) is 27.0 Å². The predicted octanol–water partition coefficient (Wildman–Crippen LogP) is 1.35. The summed E-state index contributed by atoms with van der Waals surface area (Å²) in [4.78, 5) is 19.1. The SMILES string of the molecule is Cc1ccc(N2CCN(c3nc4c(c(NC(C)(C)CO)n3)S(=O)CC4)CC2)nc1. The Bertz CT molecular complexity index is 910. The van der Waals surface area contributed by atoms with Gasteiger partial charge in [0.1, 0.15) is 16.5 Å². The van der Waals surface area contributed by atoms with E-state index in [1.54, 1.807) is 0 Å². The monoisotopic (exact) mass is 416 g/mol. The van der Waals surface area contributed by atoms with Crippen LogP contribution in [0, 0.1) is 6.92 Å². The standard InChI is InChI=1S/C20H28N6O2S/c1-14-4-5-16(21-12-14)25-7-9-26(10-8-25)19-22-15-6-11-29(28)17(15)18(23-19)24-20(2,3)13-27/h4-5,12,27H,6-11,13H2,1-3H3,(H,22,23,24). The van der Waals surface area contributed by atoms with Gasteiger partial charge in [0.2, 0.25) is 5.95 Å². The van der Waals surface area contributed by atoms with E-state index in [9.17, 15) is 9.32 Å². The fraction of sp³-hybridized carbons (Fsp3) is 0.550. The van der Waals surface area contributed by atoms with Crippen LogP contribution in [0.5, 0.6) is 0 Å². The summed E-state index contributed by atoms with van der Waals surface area (Å²) in [6, 6.07) is 4.14. The lowest BCUT2D eigenvalue weighted by atomic mass is 10.1. The first-order chi connectivity index (χ1) is 13.9. The lowest BCUT2D eigenvalue weighted by molar-refractivity contribution is 0.233. The molecule has 2 aliphatic rings. The topological polar surface area (TPSA) is 94.5 Å². The van der Waals surface area contributed by atoms with E-state index in [4.69, 9.17) is 9.97 Å². The molecule has 4 heterocycles. The second-order valence-electron chi connectivity index (χ2n) is 8.28. The Labute approximate surface area is 173 Å². The van der Waals surface area contributed by atoms with Crippen LogP contribution in [0.3, 0.4) is 0 Å². The summed E-state index contributed by atoms with van der Waals surface area (Å²) in [6.07, 6.45) is 2.59. The Morgan fingerprint density at radius 3 is 2.55 bits per heavy atom. The van der Waals surface area contributed by atoms with Crippen molar-refractivity contribution in [1.29, 1.82) is 0 Å². The molecule has 1 atom stereocenters. The van der Waals surface area contributed by atoms with Gasteiger partial charge in [-0.05, 0) is 32.4 Å². The summed E-state index contributed by atoms with van der Waals surface area (Å²) in [6.45, 7) is 9.05. The van der Waals surface area contributed by atoms with E-state index in [1.165, 1.54) is 0 Å². The first-order valence-electron chi connectivity index (χ1n) is 9.97. The van der Waals surface area contributed by atoms with E-state index in [0.29, 0.717) is 28.8 Å². The van der Waals surface area contributed by atoms with Crippen molar-refractivity contribution in [1.82, 2.24) is 15.0 Å². The van der Waals surface area contributed by atoms with Crippen molar-refractivity contribution in [2.75, 3.05) is 53.7 Å². The number of aromatic nitrogens is 3. The minimum atomic E-state index is -1.10. The van der Waals surface area contributed by atoms with Gasteiger partial charge in [0, 0.05) is 44.5 Å². The molecule has 1 fully saturated rings. The van der Waals surface area contributed by atoms with Crippen LogP contribution in [0.15, 0.2) is 23.2 Å². The molecule has 0 radical (unpaired) electrons. The van der Waals surface area contributed by atoms with Gasteiger partial charge >= 0.3 is 0 Å². The number of nitrogens with zero attached hydrogens (tertiary/aromatic N) is 5. The van der Waals surface area contributed by atoms with Crippen molar-refractivity contribution in [2.45, 2.75) is 37.6 Å². The zero-order chi connectivity index (χ0) is 20.6. The third-order valence-corrected chi connectivity index (χ3v) is 6.77. The van der Waals surface area contributed by atoms with E-state index in [-0.39, 0.29) is 6.61 Å². The second kappa shape index (κ2) is 7.87. The summed E-state index contributed by atoms with van der Waals surface area (Å²) in [5.74, 6) is 2.82. The van der Waals surface area contributed by atoms with Crippen molar-refractivity contribution in [3.8, 4) is 0 Å². The molecule has 4 rings (SSSR count). The molecule has 0 aromatic carbocycles. The average Bonchev–Trinajstić information content (AvgIpc) is 3.09. The molecule has 156 valence electrons. The van der Waals surface area contributed by atoms with Crippen LogP contribution in [0.2, 0.25) is 0 Å². The fourth-order valence-electron chi connectivity index (χ4n) is 3.55.